The van der Waals surface area contributed by atoms with E-state index in [9.17, 15) is 0 Å². The van der Waals surface area contributed by atoms with Crippen molar-refractivity contribution in [2.75, 3.05) is 39.8 Å². The number of rotatable bonds is 1. The van der Waals surface area contributed by atoms with Gasteiger partial charge in [-0.2, -0.15) is 0 Å². The Labute approximate surface area is 93.8 Å². The fourth-order valence-electron chi connectivity index (χ4n) is 3.06. The summed E-state index contributed by atoms with van der Waals surface area (Å²) in [6.45, 7) is 10.9. The molecule has 2 rings (SSSR count). The predicted octanol–water partition coefficient (Wildman–Crippen LogP) is 0.620. The van der Waals surface area contributed by atoms with Crippen LogP contribution in [0.5, 0.6) is 0 Å². The summed E-state index contributed by atoms with van der Waals surface area (Å²) in [5, 5.41) is 3.54. The molecular weight excluding hydrogens is 186 g/mol. The monoisotopic (exact) mass is 211 g/mol. The van der Waals surface area contributed by atoms with Crippen molar-refractivity contribution in [3.63, 3.8) is 0 Å². The summed E-state index contributed by atoms with van der Waals surface area (Å²) in [5.41, 5.74) is 0. The second-order valence-electron chi connectivity index (χ2n) is 5.39. The number of likely N-dealkylation sites (N-methyl/N-ethyl adjacent to an activating group) is 1. The summed E-state index contributed by atoms with van der Waals surface area (Å²) in [6, 6.07) is 1.48. The molecule has 3 atom stereocenters. The van der Waals surface area contributed by atoms with E-state index in [2.05, 4.69) is 36.0 Å². The summed E-state index contributed by atoms with van der Waals surface area (Å²) < 4.78 is 0. The molecule has 0 amide bonds. The molecule has 2 aliphatic heterocycles. The summed E-state index contributed by atoms with van der Waals surface area (Å²) >= 11 is 0. The van der Waals surface area contributed by atoms with Crippen LogP contribution in [0.2, 0.25) is 0 Å². The Balaban J connectivity index is 1.96. The average molecular weight is 211 g/mol. The molecule has 0 aromatic heterocycles. The first-order valence-corrected chi connectivity index (χ1v) is 6.33. The van der Waals surface area contributed by atoms with Gasteiger partial charge in [-0.05, 0) is 32.9 Å². The molecule has 2 heterocycles. The van der Waals surface area contributed by atoms with Crippen molar-refractivity contribution in [3.8, 4) is 0 Å². The minimum atomic E-state index is 0.719. The molecule has 15 heavy (non-hydrogen) atoms. The minimum absolute atomic E-state index is 0.719. The maximum absolute atomic E-state index is 3.54. The molecule has 88 valence electrons. The van der Waals surface area contributed by atoms with Gasteiger partial charge in [0.25, 0.3) is 0 Å². The first-order chi connectivity index (χ1) is 7.18. The van der Waals surface area contributed by atoms with E-state index in [-0.39, 0.29) is 0 Å². The normalized spacial score (nSPS) is 40.6. The van der Waals surface area contributed by atoms with E-state index >= 15 is 0 Å². The quantitative estimate of drug-likeness (QED) is 0.686. The van der Waals surface area contributed by atoms with Crippen molar-refractivity contribution >= 4 is 0 Å². The molecule has 0 aromatic rings. The maximum Gasteiger partial charge on any atom is 0.0250 e. The van der Waals surface area contributed by atoms with Crippen LogP contribution in [0.4, 0.5) is 0 Å². The smallest absolute Gasteiger partial charge is 0.0250 e. The lowest BCUT2D eigenvalue weighted by Crippen LogP contribution is -2.59. The van der Waals surface area contributed by atoms with Gasteiger partial charge in [0.1, 0.15) is 0 Å². The molecule has 3 unspecified atom stereocenters. The lowest BCUT2D eigenvalue weighted by Gasteiger charge is -2.46. The lowest BCUT2D eigenvalue weighted by molar-refractivity contribution is 0.0296. The summed E-state index contributed by atoms with van der Waals surface area (Å²) in [7, 11) is 2.23. The van der Waals surface area contributed by atoms with Gasteiger partial charge < -0.3 is 10.2 Å². The molecule has 2 saturated heterocycles. The van der Waals surface area contributed by atoms with E-state index in [1.165, 1.54) is 39.1 Å². The van der Waals surface area contributed by atoms with Gasteiger partial charge in [-0.15, -0.1) is 0 Å². The third kappa shape index (κ3) is 2.52. The number of hydrogen-bond acceptors (Lipinski definition) is 3. The highest BCUT2D eigenvalue weighted by atomic mass is 15.3. The van der Waals surface area contributed by atoms with Crippen LogP contribution in [0.25, 0.3) is 0 Å². The van der Waals surface area contributed by atoms with Crippen molar-refractivity contribution in [1.82, 2.24) is 15.1 Å². The van der Waals surface area contributed by atoms with E-state index in [1.54, 1.807) is 0 Å². The Bertz CT molecular complexity index is 207. The highest BCUT2D eigenvalue weighted by Gasteiger charge is 2.32. The van der Waals surface area contributed by atoms with Crippen LogP contribution < -0.4 is 5.32 Å². The lowest BCUT2D eigenvalue weighted by atomic mass is 9.92. The molecular formula is C12H25N3. The minimum Gasteiger partial charge on any atom is -0.315 e. The first-order valence-electron chi connectivity index (χ1n) is 6.33. The van der Waals surface area contributed by atoms with Crippen LogP contribution >= 0.6 is 0 Å². The molecule has 0 spiro atoms. The standard InChI is InChI=1S/C12H25N3/c1-10-4-5-13-8-12(10)15-7-6-14(3)9-11(15)2/h10-13H,4-9H2,1-3H3. The Morgan fingerprint density at radius 2 is 2.00 bits per heavy atom. The van der Waals surface area contributed by atoms with Gasteiger partial charge in [-0.25, -0.2) is 0 Å². The molecule has 0 bridgehead atoms. The predicted molar refractivity (Wildman–Crippen MR) is 64.1 cm³/mol. The topological polar surface area (TPSA) is 18.5 Å². The number of nitrogens with one attached hydrogen (secondary N) is 1. The summed E-state index contributed by atoms with van der Waals surface area (Å²) in [4.78, 5) is 5.17. The maximum atomic E-state index is 3.54. The second-order valence-corrected chi connectivity index (χ2v) is 5.39. The molecule has 2 fully saturated rings. The van der Waals surface area contributed by atoms with Gasteiger partial charge in [0.2, 0.25) is 0 Å². The summed E-state index contributed by atoms with van der Waals surface area (Å²) in [5.74, 6) is 0.858. The van der Waals surface area contributed by atoms with Gasteiger partial charge in [0.05, 0.1) is 0 Å². The third-order valence-electron chi connectivity index (χ3n) is 4.09. The molecule has 0 radical (unpaired) electrons. The molecule has 3 heteroatoms. The second kappa shape index (κ2) is 4.81. The molecule has 1 N–H and O–H groups in total. The molecule has 3 nitrogen and oxygen atoms in total. The Hall–Kier alpha value is -0.120. The van der Waals surface area contributed by atoms with Crippen LogP contribution in [0, 0.1) is 5.92 Å². The van der Waals surface area contributed by atoms with Crippen LogP contribution in [0.1, 0.15) is 20.3 Å². The highest BCUT2D eigenvalue weighted by Crippen LogP contribution is 2.21. The third-order valence-corrected chi connectivity index (χ3v) is 4.09. The zero-order chi connectivity index (χ0) is 10.8. The SMILES string of the molecule is CC1CCNCC1N1CCN(C)CC1C. The van der Waals surface area contributed by atoms with Crippen molar-refractivity contribution in [2.45, 2.75) is 32.4 Å². The average Bonchev–Trinajstić information content (AvgIpc) is 2.20. The highest BCUT2D eigenvalue weighted by molar-refractivity contribution is 4.89. The van der Waals surface area contributed by atoms with Crippen LogP contribution in [0.3, 0.4) is 0 Å². The van der Waals surface area contributed by atoms with Gasteiger partial charge >= 0.3 is 0 Å². The van der Waals surface area contributed by atoms with Gasteiger partial charge in [0.15, 0.2) is 0 Å². The van der Waals surface area contributed by atoms with Crippen LogP contribution in [-0.2, 0) is 0 Å². The van der Waals surface area contributed by atoms with Crippen molar-refractivity contribution < 1.29 is 0 Å². The Morgan fingerprint density at radius 3 is 2.67 bits per heavy atom. The van der Waals surface area contributed by atoms with E-state index in [0.29, 0.717) is 0 Å². The molecule has 0 aromatic carbocycles. The zero-order valence-corrected chi connectivity index (χ0v) is 10.4. The van der Waals surface area contributed by atoms with Crippen LogP contribution in [0.15, 0.2) is 0 Å². The summed E-state index contributed by atoms with van der Waals surface area (Å²) in [6.07, 6.45) is 1.34. The molecule has 2 aliphatic rings. The van der Waals surface area contributed by atoms with Crippen molar-refractivity contribution in [2.24, 2.45) is 5.92 Å². The molecule has 0 saturated carbocycles. The van der Waals surface area contributed by atoms with Gasteiger partial charge in [-0.3, -0.25) is 4.90 Å². The van der Waals surface area contributed by atoms with Crippen molar-refractivity contribution in [1.29, 1.82) is 0 Å². The van der Waals surface area contributed by atoms with E-state index in [0.717, 1.165) is 18.0 Å². The number of hydrogen-bond donors (Lipinski definition) is 1. The number of nitrogens with zero attached hydrogens (tertiary/aromatic N) is 2. The van der Waals surface area contributed by atoms with Crippen molar-refractivity contribution in [3.05, 3.63) is 0 Å². The zero-order valence-electron chi connectivity index (χ0n) is 10.4. The van der Waals surface area contributed by atoms with Gasteiger partial charge in [0, 0.05) is 38.3 Å². The fraction of sp³-hybridized carbons (Fsp3) is 1.00. The number of piperidine rings is 1. The Morgan fingerprint density at radius 1 is 1.20 bits per heavy atom. The van der Waals surface area contributed by atoms with E-state index in [4.69, 9.17) is 0 Å². The van der Waals surface area contributed by atoms with E-state index < -0.39 is 0 Å². The van der Waals surface area contributed by atoms with Crippen LogP contribution in [-0.4, -0.2) is 61.7 Å². The van der Waals surface area contributed by atoms with E-state index in [1.807, 2.05) is 0 Å². The molecule has 0 aliphatic carbocycles. The Kier molecular flexibility index (Phi) is 3.65. The first kappa shape index (κ1) is 11.4. The number of piperazine rings is 1. The largest absolute Gasteiger partial charge is 0.315 e. The van der Waals surface area contributed by atoms with Gasteiger partial charge in [-0.1, -0.05) is 6.92 Å². The fourth-order valence-corrected chi connectivity index (χ4v) is 3.06.